The van der Waals surface area contributed by atoms with E-state index in [0.717, 1.165) is 48.9 Å². The van der Waals surface area contributed by atoms with Crippen molar-refractivity contribution in [2.24, 2.45) is 5.92 Å². The molecule has 1 amide bonds. The van der Waals surface area contributed by atoms with Gasteiger partial charge in [-0.25, -0.2) is 4.98 Å². The molecule has 0 radical (unpaired) electrons. The highest BCUT2D eigenvalue weighted by molar-refractivity contribution is 5.94. The molecule has 164 valence electrons. The zero-order valence-corrected chi connectivity index (χ0v) is 18.5. The number of benzene rings is 2. The fraction of sp³-hybridized carbons (Fsp3) is 0.360. The summed E-state index contributed by atoms with van der Waals surface area (Å²) in [6.07, 6.45) is 3.99. The molecule has 1 heterocycles. The Labute approximate surface area is 188 Å². The lowest BCUT2D eigenvalue weighted by Crippen LogP contribution is -2.38. The van der Waals surface area contributed by atoms with Gasteiger partial charge < -0.3 is 15.5 Å². The number of aromatic nitrogens is 2. The van der Waals surface area contributed by atoms with E-state index in [1.165, 1.54) is 0 Å². The third-order valence-electron chi connectivity index (χ3n) is 6.01. The van der Waals surface area contributed by atoms with Crippen molar-refractivity contribution >= 4 is 28.6 Å². The van der Waals surface area contributed by atoms with E-state index in [4.69, 9.17) is 10.2 Å². The molecule has 0 aliphatic heterocycles. The van der Waals surface area contributed by atoms with Crippen molar-refractivity contribution in [3.8, 4) is 6.07 Å². The minimum atomic E-state index is -0.0724. The Balaban J connectivity index is 1.30. The van der Waals surface area contributed by atoms with Crippen molar-refractivity contribution in [3.63, 3.8) is 0 Å². The fourth-order valence-corrected chi connectivity index (χ4v) is 4.19. The first-order valence-electron chi connectivity index (χ1n) is 11.0. The number of rotatable bonds is 6. The summed E-state index contributed by atoms with van der Waals surface area (Å²) in [5, 5.41) is 16.5. The van der Waals surface area contributed by atoms with Crippen LogP contribution in [-0.4, -0.2) is 42.6 Å². The molecule has 1 aromatic heterocycles. The molecule has 1 fully saturated rings. The first-order valence-corrected chi connectivity index (χ1v) is 11.0. The standard InChI is InChI=1S/C25H28N6O/c1-31(2)23-21-5-3-4-6-22(21)29-25(30-23)27-16-18-9-13-20(14-10-18)28-24(32)19-11-7-17(15-26)8-12-19/h3-8,11-12,18,20H,9-10,13-14,16H2,1-2H3,(H,28,32)(H,27,29,30). The second kappa shape index (κ2) is 9.65. The molecule has 7 heteroatoms. The number of anilines is 2. The number of nitrogens with zero attached hydrogens (tertiary/aromatic N) is 4. The highest BCUT2D eigenvalue weighted by atomic mass is 16.1. The van der Waals surface area contributed by atoms with Crippen LogP contribution in [0.4, 0.5) is 11.8 Å². The molecule has 0 bridgehead atoms. The van der Waals surface area contributed by atoms with Crippen molar-refractivity contribution in [1.82, 2.24) is 15.3 Å². The van der Waals surface area contributed by atoms with Crippen molar-refractivity contribution < 1.29 is 4.79 Å². The van der Waals surface area contributed by atoms with Crippen molar-refractivity contribution in [2.45, 2.75) is 31.7 Å². The molecule has 0 spiro atoms. The normalized spacial score (nSPS) is 18.0. The second-order valence-electron chi connectivity index (χ2n) is 8.54. The van der Waals surface area contributed by atoms with Gasteiger partial charge in [-0.2, -0.15) is 10.2 Å². The first kappa shape index (κ1) is 21.6. The van der Waals surface area contributed by atoms with Crippen molar-refractivity contribution in [3.05, 3.63) is 59.7 Å². The Hall–Kier alpha value is -3.66. The predicted molar refractivity (Wildman–Crippen MR) is 127 cm³/mol. The molecule has 0 saturated heterocycles. The maximum Gasteiger partial charge on any atom is 0.251 e. The molecule has 2 N–H and O–H groups in total. The third-order valence-corrected chi connectivity index (χ3v) is 6.01. The summed E-state index contributed by atoms with van der Waals surface area (Å²) in [5.41, 5.74) is 2.09. The number of fused-ring (bicyclic) bond motifs is 1. The summed E-state index contributed by atoms with van der Waals surface area (Å²) in [4.78, 5) is 23.9. The third kappa shape index (κ3) is 4.97. The number of nitrogens with one attached hydrogen (secondary N) is 2. The summed E-state index contributed by atoms with van der Waals surface area (Å²) in [6, 6.07) is 17.1. The van der Waals surface area contributed by atoms with E-state index in [1.807, 2.05) is 43.3 Å². The van der Waals surface area contributed by atoms with E-state index >= 15 is 0 Å². The number of hydrogen-bond acceptors (Lipinski definition) is 6. The van der Waals surface area contributed by atoms with Crippen LogP contribution in [0.15, 0.2) is 48.5 Å². The molecule has 0 unspecified atom stereocenters. The summed E-state index contributed by atoms with van der Waals surface area (Å²) in [6.45, 7) is 0.821. The predicted octanol–water partition coefficient (Wildman–Crippen LogP) is 3.97. The Kier molecular flexibility index (Phi) is 6.50. The molecule has 2 aromatic carbocycles. The molecule has 0 atom stereocenters. The Morgan fingerprint density at radius 1 is 1.06 bits per heavy atom. The maximum atomic E-state index is 12.5. The van der Waals surface area contributed by atoms with E-state index in [9.17, 15) is 4.79 Å². The van der Waals surface area contributed by atoms with Crippen LogP contribution >= 0.6 is 0 Å². The Morgan fingerprint density at radius 3 is 2.47 bits per heavy atom. The molecule has 7 nitrogen and oxygen atoms in total. The molecule has 1 aliphatic carbocycles. The van der Waals surface area contributed by atoms with Crippen molar-refractivity contribution in [1.29, 1.82) is 5.26 Å². The lowest BCUT2D eigenvalue weighted by atomic mass is 9.86. The molecular formula is C25H28N6O. The van der Waals surface area contributed by atoms with Crippen LogP contribution in [0.1, 0.15) is 41.6 Å². The number of hydrogen-bond donors (Lipinski definition) is 2. The van der Waals surface area contributed by atoms with Gasteiger partial charge in [0.1, 0.15) is 5.82 Å². The first-order chi connectivity index (χ1) is 15.5. The van der Waals surface area contributed by atoms with E-state index < -0.39 is 0 Å². The fourth-order valence-electron chi connectivity index (χ4n) is 4.19. The van der Waals surface area contributed by atoms with E-state index in [2.05, 4.69) is 21.7 Å². The summed E-state index contributed by atoms with van der Waals surface area (Å²) < 4.78 is 0. The van der Waals surface area contributed by atoms with E-state index in [1.54, 1.807) is 24.3 Å². The molecular weight excluding hydrogens is 400 g/mol. The van der Waals surface area contributed by atoms with Gasteiger partial charge in [-0.1, -0.05) is 12.1 Å². The molecule has 32 heavy (non-hydrogen) atoms. The lowest BCUT2D eigenvalue weighted by Gasteiger charge is -2.29. The number of carbonyl (C=O) groups excluding carboxylic acids is 1. The zero-order valence-electron chi connectivity index (χ0n) is 18.5. The highest BCUT2D eigenvalue weighted by Gasteiger charge is 2.23. The summed E-state index contributed by atoms with van der Waals surface area (Å²) in [7, 11) is 3.98. The smallest absolute Gasteiger partial charge is 0.251 e. The van der Waals surface area contributed by atoms with Gasteiger partial charge in [-0.05, 0) is 68.0 Å². The SMILES string of the molecule is CN(C)c1nc(NCC2CCC(NC(=O)c3ccc(C#N)cc3)CC2)nc2ccccc12. The van der Waals surface area contributed by atoms with Gasteiger partial charge in [0.25, 0.3) is 5.91 Å². The quantitative estimate of drug-likeness (QED) is 0.617. The average Bonchev–Trinajstić information content (AvgIpc) is 2.83. The van der Waals surface area contributed by atoms with Gasteiger partial charge in [0, 0.05) is 37.6 Å². The number of amides is 1. The summed E-state index contributed by atoms with van der Waals surface area (Å²) >= 11 is 0. The van der Waals surface area contributed by atoms with Crippen LogP contribution in [0.25, 0.3) is 10.9 Å². The molecule has 1 saturated carbocycles. The van der Waals surface area contributed by atoms with E-state index in [0.29, 0.717) is 23.0 Å². The maximum absolute atomic E-state index is 12.5. The molecule has 3 aromatic rings. The monoisotopic (exact) mass is 428 g/mol. The second-order valence-corrected chi connectivity index (χ2v) is 8.54. The minimum Gasteiger partial charge on any atom is -0.362 e. The number of carbonyl (C=O) groups is 1. The van der Waals surface area contributed by atoms with Gasteiger partial charge in [-0.3, -0.25) is 4.79 Å². The minimum absolute atomic E-state index is 0.0724. The van der Waals surface area contributed by atoms with Crippen LogP contribution in [0.2, 0.25) is 0 Å². The number of para-hydroxylation sites is 1. The van der Waals surface area contributed by atoms with Crippen LogP contribution in [0.5, 0.6) is 0 Å². The topological polar surface area (TPSA) is 93.9 Å². The van der Waals surface area contributed by atoms with E-state index in [-0.39, 0.29) is 11.9 Å². The molecule has 4 rings (SSSR count). The Bertz CT molecular complexity index is 1130. The number of nitriles is 1. The average molecular weight is 429 g/mol. The Morgan fingerprint density at radius 2 is 1.78 bits per heavy atom. The van der Waals surface area contributed by atoms with Crippen LogP contribution < -0.4 is 15.5 Å². The van der Waals surface area contributed by atoms with Gasteiger partial charge in [-0.15, -0.1) is 0 Å². The van der Waals surface area contributed by atoms with Gasteiger partial charge in [0.05, 0.1) is 17.1 Å². The van der Waals surface area contributed by atoms with Gasteiger partial charge >= 0.3 is 0 Å². The van der Waals surface area contributed by atoms with Gasteiger partial charge in [0.15, 0.2) is 0 Å². The van der Waals surface area contributed by atoms with Crippen LogP contribution in [-0.2, 0) is 0 Å². The highest BCUT2D eigenvalue weighted by Crippen LogP contribution is 2.27. The van der Waals surface area contributed by atoms with Crippen LogP contribution in [0.3, 0.4) is 0 Å². The largest absolute Gasteiger partial charge is 0.362 e. The van der Waals surface area contributed by atoms with Crippen LogP contribution in [0, 0.1) is 17.2 Å². The van der Waals surface area contributed by atoms with Crippen molar-refractivity contribution in [2.75, 3.05) is 30.9 Å². The molecule has 1 aliphatic rings. The van der Waals surface area contributed by atoms with Gasteiger partial charge in [0.2, 0.25) is 5.95 Å². The zero-order chi connectivity index (χ0) is 22.5. The lowest BCUT2D eigenvalue weighted by molar-refractivity contribution is 0.0922. The summed E-state index contributed by atoms with van der Waals surface area (Å²) in [5.74, 6) is 2.02.